The Morgan fingerprint density at radius 3 is 2.55 bits per heavy atom. The zero-order valence-electron chi connectivity index (χ0n) is 9.80. The number of aromatic nitrogens is 1. The Bertz CT molecular complexity index is 646. The summed E-state index contributed by atoms with van der Waals surface area (Å²) in [6, 6.07) is 6.58. The zero-order valence-corrected chi connectivity index (χ0v) is 12.1. The fourth-order valence-electron chi connectivity index (χ4n) is 1.51. The molecule has 0 saturated heterocycles. The maximum Gasteiger partial charge on any atom is 0.416 e. The number of nitrogens with one attached hydrogen (secondary N) is 1. The van der Waals surface area contributed by atoms with E-state index in [-0.39, 0.29) is 11.6 Å². The van der Waals surface area contributed by atoms with Gasteiger partial charge in [-0.3, -0.25) is 0 Å². The Kier molecular flexibility index (Phi) is 4.10. The average Bonchev–Trinajstić information content (AvgIpc) is 2.32. The Balaban J connectivity index is 2.39. The zero-order chi connectivity index (χ0) is 14.9. The molecule has 8 heteroatoms. The maximum atomic E-state index is 12.7. The molecule has 0 aliphatic heterocycles. The summed E-state index contributed by atoms with van der Waals surface area (Å²) < 4.78 is 38.8. The molecule has 0 unspecified atom stereocenters. The molecule has 0 aliphatic rings. The number of hydrogen-bond donors (Lipinski definition) is 2. The summed E-state index contributed by atoms with van der Waals surface area (Å²) in [5.41, 5.74) is 4.93. The Labute approximate surface area is 126 Å². The lowest BCUT2D eigenvalue weighted by Crippen LogP contribution is -2.08. The SMILES string of the molecule is Nc1cc(C(F)(F)F)cc(Nc2cc(Br)ccc2Cl)n1. The van der Waals surface area contributed by atoms with Crippen molar-refractivity contribution in [3.8, 4) is 0 Å². The Morgan fingerprint density at radius 2 is 1.90 bits per heavy atom. The number of alkyl halides is 3. The van der Waals surface area contributed by atoms with Crippen molar-refractivity contribution < 1.29 is 13.2 Å². The fourth-order valence-corrected chi connectivity index (χ4v) is 2.04. The van der Waals surface area contributed by atoms with Gasteiger partial charge in [-0.2, -0.15) is 13.2 Å². The monoisotopic (exact) mass is 365 g/mol. The molecule has 0 amide bonds. The van der Waals surface area contributed by atoms with Crippen molar-refractivity contribution in [1.82, 2.24) is 4.98 Å². The van der Waals surface area contributed by atoms with Crippen molar-refractivity contribution in [2.45, 2.75) is 6.18 Å². The van der Waals surface area contributed by atoms with Crippen LogP contribution in [-0.4, -0.2) is 4.98 Å². The van der Waals surface area contributed by atoms with Crippen LogP contribution in [0, 0.1) is 0 Å². The molecule has 2 rings (SSSR count). The first kappa shape index (κ1) is 14.9. The lowest BCUT2D eigenvalue weighted by Gasteiger charge is -2.12. The van der Waals surface area contributed by atoms with Gasteiger partial charge in [-0.05, 0) is 30.3 Å². The van der Waals surface area contributed by atoms with E-state index in [0.717, 1.165) is 16.6 Å². The molecule has 0 bridgehead atoms. The molecule has 0 spiro atoms. The highest BCUT2D eigenvalue weighted by molar-refractivity contribution is 9.10. The molecule has 0 radical (unpaired) electrons. The summed E-state index contributed by atoms with van der Waals surface area (Å²) in [7, 11) is 0. The van der Waals surface area contributed by atoms with Crippen LogP contribution >= 0.6 is 27.5 Å². The third kappa shape index (κ3) is 3.55. The molecule has 1 aromatic carbocycles. The minimum atomic E-state index is -4.49. The van der Waals surface area contributed by atoms with Crippen molar-refractivity contribution in [3.63, 3.8) is 0 Å². The van der Waals surface area contributed by atoms with Gasteiger partial charge in [0, 0.05) is 4.47 Å². The molecule has 0 fully saturated rings. The van der Waals surface area contributed by atoms with Gasteiger partial charge in [0.15, 0.2) is 0 Å². The number of nitrogen functional groups attached to an aromatic ring is 1. The predicted molar refractivity (Wildman–Crippen MR) is 76.1 cm³/mol. The largest absolute Gasteiger partial charge is 0.416 e. The molecule has 2 aromatic rings. The van der Waals surface area contributed by atoms with E-state index >= 15 is 0 Å². The van der Waals surface area contributed by atoms with E-state index in [1.165, 1.54) is 0 Å². The molecule has 0 aliphatic carbocycles. The summed E-state index contributed by atoms with van der Waals surface area (Å²) in [6.45, 7) is 0. The lowest BCUT2D eigenvalue weighted by atomic mass is 10.2. The lowest BCUT2D eigenvalue weighted by molar-refractivity contribution is -0.137. The van der Waals surface area contributed by atoms with Crippen LogP contribution in [0.15, 0.2) is 34.8 Å². The van der Waals surface area contributed by atoms with E-state index in [2.05, 4.69) is 26.2 Å². The molecular formula is C12H8BrClF3N3. The predicted octanol–water partition coefficient (Wildman–Crippen LogP) is 4.84. The molecule has 1 aromatic heterocycles. The van der Waals surface area contributed by atoms with Gasteiger partial charge in [0.1, 0.15) is 11.6 Å². The number of halogens is 5. The number of nitrogens with two attached hydrogens (primary N) is 1. The van der Waals surface area contributed by atoms with Gasteiger partial charge in [0.25, 0.3) is 0 Å². The quantitative estimate of drug-likeness (QED) is 0.799. The van der Waals surface area contributed by atoms with Crippen molar-refractivity contribution in [3.05, 3.63) is 45.4 Å². The molecule has 106 valence electrons. The first-order valence-corrected chi connectivity index (χ1v) is 6.49. The van der Waals surface area contributed by atoms with Crippen LogP contribution in [0.5, 0.6) is 0 Å². The van der Waals surface area contributed by atoms with Crippen LogP contribution in [0.3, 0.4) is 0 Å². The van der Waals surface area contributed by atoms with Gasteiger partial charge in [0.2, 0.25) is 0 Å². The van der Waals surface area contributed by atoms with Gasteiger partial charge < -0.3 is 11.1 Å². The average molecular weight is 367 g/mol. The van der Waals surface area contributed by atoms with Crippen LogP contribution in [0.4, 0.5) is 30.5 Å². The fraction of sp³-hybridized carbons (Fsp3) is 0.0833. The summed E-state index contributed by atoms with van der Waals surface area (Å²) in [5.74, 6) is -0.259. The van der Waals surface area contributed by atoms with Crippen LogP contribution in [0.2, 0.25) is 5.02 Å². The molecule has 20 heavy (non-hydrogen) atoms. The number of hydrogen-bond acceptors (Lipinski definition) is 3. The van der Waals surface area contributed by atoms with Crippen molar-refractivity contribution >= 4 is 44.9 Å². The van der Waals surface area contributed by atoms with E-state index < -0.39 is 11.7 Å². The Hall–Kier alpha value is -1.47. The van der Waals surface area contributed by atoms with E-state index in [1.54, 1.807) is 18.2 Å². The third-order valence-electron chi connectivity index (χ3n) is 2.36. The van der Waals surface area contributed by atoms with Crippen LogP contribution < -0.4 is 11.1 Å². The first-order chi connectivity index (χ1) is 9.25. The van der Waals surface area contributed by atoms with Crippen LogP contribution in [0.1, 0.15) is 5.56 Å². The molecule has 0 atom stereocenters. The van der Waals surface area contributed by atoms with Crippen molar-refractivity contribution in [2.24, 2.45) is 0 Å². The van der Waals surface area contributed by atoms with Gasteiger partial charge in [-0.1, -0.05) is 27.5 Å². The van der Waals surface area contributed by atoms with Gasteiger partial charge in [-0.25, -0.2) is 4.98 Å². The van der Waals surface area contributed by atoms with E-state index in [9.17, 15) is 13.2 Å². The van der Waals surface area contributed by atoms with Crippen LogP contribution in [-0.2, 0) is 6.18 Å². The Morgan fingerprint density at radius 1 is 1.20 bits per heavy atom. The van der Waals surface area contributed by atoms with Gasteiger partial charge >= 0.3 is 6.18 Å². The molecular weight excluding hydrogens is 359 g/mol. The molecule has 3 nitrogen and oxygen atoms in total. The third-order valence-corrected chi connectivity index (χ3v) is 3.19. The van der Waals surface area contributed by atoms with Crippen LogP contribution in [0.25, 0.3) is 0 Å². The molecule has 1 heterocycles. The minimum Gasteiger partial charge on any atom is -0.384 e. The number of rotatable bonds is 2. The second-order valence-electron chi connectivity index (χ2n) is 3.91. The smallest absolute Gasteiger partial charge is 0.384 e. The first-order valence-electron chi connectivity index (χ1n) is 5.32. The number of nitrogens with zero attached hydrogens (tertiary/aromatic N) is 1. The highest BCUT2D eigenvalue weighted by atomic mass is 79.9. The van der Waals surface area contributed by atoms with Gasteiger partial charge in [0.05, 0.1) is 16.3 Å². The summed E-state index contributed by atoms with van der Waals surface area (Å²) in [4.78, 5) is 3.81. The standard InChI is InChI=1S/C12H8BrClF3N3/c13-7-1-2-8(14)9(5-7)19-11-4-6(12(15,16)17)3-10(18)20-11/h1-5H,(H3,18,19,20). The number of benzene rings is 1. The topological polar surface area (TPSA) is 50.9 Å². The number of anilines is 3. The van der Waals surface area contributed by atoms with E-state index in [4.69, 9.17) is 17.3 Å². The normalized spacial score (nSPS) is 11.4. The second-order valence-corrected chi connectivity index (χ2v) is 5.24. The van der Waals surface area contributed by atoms with E-state index in [0.29, 0.717) is 10.7 Å². The highest BCUT2D eigenvalue weighted by Gasteiger charge is 2.31. The highest BCUT2D eigenvalue weighted by Crippen LogP contribution is 2.33. The summed E-state index contributed by atoms with van der Waals surface area (Å²) >= 11 is 9.20. The minimum absolute atomic E-state index is 0.0303. The van der Waals surface area contributed by atoms with Crippen molar-refractivity contribution in [2.75, 3.05) is 11.1 Å². The number of pyridine rings is 1. The summed E-state index contributed by atoms with van der Waals surface area (Å²) in [5, 5.41) is 3.07. The summed E-state index contributed by atoms with van der Waals surface area (Å²) in [6.07, 6.45) is -4.49. The second kappa shape index (κ2) is 5.49. The maximum absolute atomic E-state index is 12.7. The van der Waals surface area contributed by atoms with Gasteiger partial charge in [-0.15, -0.1) is 0 Å². The van der Waals surface area contributed by atoms with Crippen molar-refractivity contribution in [1.29, 1.82) is 0 Å². The molecule has 0 saturated carbocycles. The van der Waals surface area contributed by atoms with E-state index in [1.807, 2.05) is 0 Å². The molecule has 3 N–H and O–H groups in total.